The standard InChI is InChI=1S/C33H28N4O/c1-19(2)21-9-7-10-22(20(3)4)31(21)37-29-14-6-5-13-26(29)36-33(37)24-12-8-11-23-25-17-27-28(35-16-15-34-27)18-30(25)38-32(23)24/h5-20H,1-4H3. The summed E-state index contributed by atoms with van der Waals surface area (Å²) in [6.45, 7) is 9.03. The Bertz CT molecular complexity index is 1970. The molecule has 186 valence electrons. The molecule has 7 rings (SSSR count). The number of aromatic nitrogens is 4. The maximum Gasteiger partial charge on any atom is 0.149 e. The van der Waals surface area contributed by atoms with E-state index in [-0.39, 0.29) is 0 Å². The molecule has 0 unspecified atom stereocenters. The van der Waals surface area contributed by atoms with Gasteiger partial charge in [0.05, 0.1) is 33.3 Å². The number of furan rings is 1. The Kier molecular flexibility index (Phi) is 5.08. The highest BCUT2D eigenvalue weighted by Crippen LogP contribution is 2.41. The third-order valence-electron chi connectivity index (χ3n) is 7.46. The molecule has 0 bridgehead atoms. The van der Waals surface area contributed by atoms with Crippen molar-refractivity contribution in [3.63, 3.8) is 0 Å². The number of hydrogen-bond donors (Lipinski definition) is 0. The van der Waals surface area contributed by atoms with Crippen LogP contribution in [0.2, 0.25) is 0 Å². The number of fused-ring (bicyclic) bond motifs is 5. The fourth-order valence-electron chi connectivity index (χ4n) is 5.63. The van der Waals surface area contributed by atoms with Gasteiger partial charge in [-0.2, -0.15) is 0 Å². The molecule has 3 aromatic heterocycles. The minimum absolute atomic E-state index is 0.354. The predicted octanol–water partition coefficient (Wildman–Crippen LogP) is 8.78. The third-order valence-corrected chi connectivity index (χ3v) is 7.46. The van der Waals surface area contributed by atoms with Gasteiger partial charge in [0.1, 0.15) is 17.0 Å². The van der Waals surface area contributed by atoms with Crippen molar-refractivity contribution in [2.75, 3.05) is 0 Å². The van der Waals surface area contributed by atoms with E-state index in [0.717, 1.165) is 55.4 Å². The first-order chi connectivity index (χ1) is 18.5. The van der Waals surface area contributed by atoms with Gasteiger partial charge in [-0.25, -0.2) is 4.98 Å². The van der Waals surface area contributed by atoms with Gasteiger partial charge in [0.25, 0.3) is 0 Å². The van der Waals surface area contributed by atoms with Gasteiger partial charge in [-0.1, -0.05) is 70.2 Å². The molecule has 7 aromatic rings. The van der Waals surface area contributed by atoms with E-state index in [9.17, 15) is 0 Å². The Balaban J connectivity index is 1.60. The second kappa shape index (κ2) is 8.52. The summed E-state index contributed by atoms with van der Waals surface area (Å²) >= 11 is 0. The molecule has 0 aliphatic rings. The predicted molar refractivity (Wildman–Crippen MR) is 155 cm³/mol. The Morgan fingerprint density at radius 3 is 2.11 bits per heavy atom. The molecule has 0 fully saturated rings. The zero-order valence-corrected chi connectivity index (χ0v) is 21.9. The van der Waals surface area contributed by atoms with Gasteiger partial charge in [-0.3, -0.25) is 14.5 Å². The van der Waals surface area contributed by atoms with Gasteiger partial charge in [-0.15, -0.1) is 0 Å². The summed E-state index contributed by atoms with van der Waals surface area (Å²) in [5.74, 6) is 1.59. The van der Waals surface area contributed by atoms with Crippen LogP contribution >= 0.6 is 0 Å². The number of nitrogens with zero attached hydrogens (tertiary/aromatic N) is 4. The molecule has 5 nitrogen and oxygen atoms in total. The number of imidazole rings is 1. The molecule has 0 aliphatic heterocycles. The van der Waals surface area contributed by atoms with E-state index in [1.807, 2.05) is 6.07 Å². The first-order valence-corrected chi connectivity index (χ1v) is 13.2. The van der Waals surface area contributed by atoms with Crippen LogP contribution in [0.5, 0.6) is 0 Å². The zero-order valence-electron chi connectivity index (χ0n) is 21.9. The van der Waals surface area contributed by atoms with E-state index < -0.39 is 0 Å². The normalized spacial score (nSPS) is 12.2. The van der Waals surface area contributed by atoms with E-state index in [0.29, 0.717) is 11.8 Å². The Morgan fingerprint density at radius 2 is 1.37 bits per heavy atom. The van der Waals surface area contributed by atoms with E-state index in [4.69, 9.17) is 9.40 Å². The summed E-state index contributed by atoms with van der Waals surface area (Å²) in [4.78, 5) is 14.2. The fraction of sp³-hybridized carbons (Fsp3) is 0.182. The number of hydrogen-bond acceptors (Lipinski definition) is 4. The lowest BCUT2D eigenvalue weighted by molar-refractivity contribution is 0.669. The van der Waals surface area contributed by atoms with Crippen molar-refractivity contribution in [2.24, 2.45) is 0 Å². The summed E-state index contributed by atoms with van der Waals surface area (Å²) < 4.78 is 8.92. The van der Waals surface area contributed by atoms with Gasteiger partial charge in [0.2, 0.25) is 0 Å². The van der Waals surface area contributed by atoms with Crippen LogP contribution in [0.15, 0.2) is 89.6 Å². The maximum absolute atomic E-state index is 6.57. The second-order valence-corrected chi connectivity index (χ2v) is 10.5. The van der Waals surface area contributed by atoms with Crippen molar-refractivity contribution in [1.29, 1.82) is 0 Å². The molecule has 0 saturated carbocycles. The van der Waals surface area contributed by atoms with Crippen molar-refractivity contribution in [3.05, 3.63) is 96.3 Å². The van der Waals surface area contributed by atoms with Gasteiger partial charge in [0, 0.05) is 29.2 Å². The summed E-state index contributed by atoms with van der Waals surface area (Å²) in [5, 5.41) is 2.08. The lowest BCUT2D eigenvalue weighted by Crippen LogP contribution is -2.08. The van der Waals surface area contributed by atoms with E-state index in [1.165, 1.54) is 16.8 Å². The van der Waals surface area contributed by atoms with Crippen molar-refractivity contribution < 1.29 is 4.42 Å². The highest BCUT2D eigenvalue weighted by Gasteiger charge is 2.24. The average Bonchev–Trinajstić information content (AvgIpc) is 3.49. The fourth-order valence-corrected chi connectivity index (χ4v) is 5.63. The number of benzene rings is 4. The minimum atomic E-state index is 0.354. The van der Waals surface area contributed by atoms with Crippen molar-refractivity contribution in [2.45, 2.75) is 39.5 Å². The monoisotopic (exact) mass is 496 g/mol. The van der Waals surface area contributed by atoms with Crippen LogP contribution in [0, 0.1) is 0 Å². The molecule has 38 heavy (non-hydrogen) atoms. The minimum Gasteiger partial charge on any atom is -0.455 e. The Morgan fingerprint density at radius 1 is 0.684 bits per heavy atom. The van der Waals surface area contributed by atoms with Gasteiger partial charge < -0.3 is 4.42 Å². The molecular weight excluding hydrogens is 468 g/mol. The first-order valence-electron chi connectivity index (χ1n) is 13.2. The molecule has 3 heterocycles. The second-order valence-electron chi connectivity index (χ2n) is 10.5. The maximum atomic E-state index is 6.57. The van der Waals surface area contributed by atoms with Gasteiger partial charge in [-0.05, 0) is 47.2 Å². The lowest BCUT2D eigenvalue weighted by Gasteiger charge is -2.22. The largest absolute Gasteiger partial charge is 0.455 e. The number of rotatable bonds is 4. The molecule has 0 radical (unpaired) electrons. The van der Waals surface area contributed by atoms with Crippen LogP contribution in [-0.4, -0.2) is 19.5 Å². The van der Waals surface area contributed by atoms with Crippen LogP contribution in [0.4, 0.5) is 0 Å². The third kappa shape index (κ3) is 3.35. The van der Waals surface area contributed by atoms with Crippen LogP contribution < -0.4 is 0 Å². The smallest absolute Gasteiger partial charge is 0.149 e. The molecule has 0 N–H and O–H groups in total. The SMILES string of the molecule is CC(C)c1cccc(C(C)C)c1-n1c(-c2cccc3c2oc2cc4nccnc4cc23)nc2ccccc21. The van der Waals surface area contributed by atoms with E-state index in [1.54, 1.807) is 12.4 Å². The molecule has 0 amide bonds. The Labute approximate surface area is 220 Å². The molecular formula is C33H28N4O. The summed E-state index contributed by atoms with van der Waals surface area (Å²) in [7, 11) is 0. The van der Waals surface area contributed by atoms with Gasteiger partial charge in [0.15, 0.2) is 0 Å². The van der Waals surface area contributed by atoms with E-state index >= 15 is 0 Å². The number of para-hydroxylation sites is 4. The summed E-state index contributed by atoms with van der Waals surface area (Å²) in [6, 6.07) is 25.4. The highest BCUT2D eigenvalue weighted by molar-refractivity contribution is 6.12. The van der Waals surface area contributed by atoms with Crippen molar-refractivity contribution >= 4 is 44.0 Å². The van der Waals surface area contributed by atoms with Gasteiger partial charge >= 0.3 is 0 Å². The van der Waals surface area contributed by atoms with Crippen molar-refractivity contribution in [3.8, 4) is 17.1 Å². The summed E-state index contributed by atoms with van der Waals surface area (Å²) in [6.07, 6.45) is 3.44. The van der Waals surface area contributed by atoms with Crippen molar-refractivity contribution in [1.82, 2.24) is 19.5 Å². The van der Waals surface area contributed by atoms with Crippen LogP contribution in [0.1, 0.15) is 50.7 Å². The Hall–Kier alpha value is -4.51. The molecule has 0 spiro atoms. The average molecular weight is 497 g/mol. The zero-order chi connectivity index (χ0) is 26.0. The quantitative estimate of drug-likeness (QED) is 0.244. The molecule has 5 heteroatoms. The molecule has 0 saturated heterocycles. The summed E-state index contributed by atoms with van der Waals surface area (Å²) in [5.41, 5.74) is 10.1. The van der Waals surface area contributed by atoms with Crippen LogP contribution in [0.3, 0.4) is 0 Å². The van der Waals surface area contributed by atoms with E-state index in [2.05, 4.69) is 109 Å². The topological polar surface area (TPSA) is 56.7 Å². The first kappa shape index (κ1) is 22.7. The molecule has 0 atom stereocenters. The van der Waals surface area contributed by atoms with Crippen LogP contribution in [-0.2, 0) is 0 Å². The molecule has 4 aromatic carbocycles. The van der Waals surface area contributed by atoms with Crippen LogP contribution in [0.25, 0.3) is 61.1 Å². The lowest BCUT2D eigenvalue weighted by atomic mass is 9.92. The molecule has 0 aliphatic carbocycles. The highest BCUT2D eigenvalue weighted by atomic mass is 16.3.